The Labute approximate surface area is 223 Å². The second-order valence-electron chi connectivity index (χ2n) is 8.60. The van der Waals surface area contributed by atoms with Gasteiger partial charge in [-0.3, -0.25) is 10.1 Å². The summed E-state index contributed by atoms with van der Waals surface area (Å²) < 4.78 is 51.8. The third kappa shape index (κ3) is 12.0. The molecule has 6 nitrogen and oxygen atoms in total. The number of alkyl halides is 3. The lowest BCUT2D eigenvalue weighted by molar-refractivity contribution is -0.161. The first-order valence-corrected chi connectivity index (χ1v) is 13.6. The van der Waals surface area contributed by atoms with Crippen LogP contribution in [-0.4, -0.2) is 57.4 Å². The van der Waals surface area contributed by atoms with Crippen molar-refractivity contribution in [1.29, 1.82) is 0 Å². The van der Waals surface area contributed by atoms with Crippen LogP contribution in [0.3, 0.4) is 0 Å². The molecule has 2 atom stereocenters. The highest BCUT2D eigenvalue weighted by molar-refractivity contribution is 7.98. The van der Waals surface area contributed by atoms with Gasteiger partial charge in [-0.2, -0.15) is 24.9 Å². The van der Waals surface area contributed by atoms with Crippen molar-refractivity contribution in [3.05, 3.63) is 54.1 Å². The van der Waals surface area contributed by atoms with Gasteiger partial charge in [-0.05, 0) is 42.0 Å². The molecular weight excluding hydrogens is 503 g/mol. The molecule has 0 heterocycles. The number of halogens is 3. The maximum atomic E-state index is 13.8. The Hall–Kier alpha value is -2.59. The molecule has 0 aliphatic heterocycles. The molecule has 1 amide bonds. The number of anilines is 1. The van der Waals surface area contributed by atoms with Crippen LogP contribution in [-0.2, 0) is 4.79 Å². The summed E-state index contributed by atoms with van der Waals surface area (Å²) in [6, 6.07) is 9.91. The number of thioether (sulfide) groups is 1. The zero-order valence-electron chi connectivity index (χ0n) is 22.4. The van der Waals surface area contributed by atoms with Crippen LogP contribution in [0, 0.1) is 5.92 Å². The summed E-state index contributed by atoms with van der Waals surface area (Å²) in [6.45, 7) is 6.47. The van der Waals surface area contributed by atoms with Gasteiger partial charge in [0.1, 0.15) is 17.5 Å². The van der Waals surface area contributed by atoms with E-state index >= 15 is 0 Å². The topological polar surface area (TPSA) is 71.6 Å². The molecular formula is C27H40F3N3O3S. The summed E-state index contributed by atoms with van der Waals surface area (Å²) in [4.78, 5) is 12.8. The van der Waals surface area contributed by atoms with Crippen LogP contribution in [0.5, 0.6) is 11.5 Å². The Morgan fingerprint density at radius 3 is 2.19 bits per heavy atom. The Morgan fingerprint density at radius 1 is 1.03 bits per heavy atom. The number of rotatable bonds is 13. The second-order valence-corrected chi connectivity index (χ2v) is 9.75. The molecule has 10 heteroatoms. The van der Waals surface area contributed by atoms with Gasteiger partial charge in [-0.1, -0.05) is 51.1 Å². The van der Waals surface area contributed by atoms with E-state index < -0.39 is 24.2 Å². The number of nitrogens with one attached hydrogen (secondary N) is 3. The highest BCUT2D eigenvalue weighted by atomic mass is 32.2. The molecule has 0 aliphatic carbocycles. The van der Waals surface area contributed by atoms with E-state index in [-0.39, 0.29) is 24.4 Å². The molecule has 0 saturated heterocycles. The monoisotopic (exact) mass is 543 g/mol. The van der Waals surface area contributed by atoms with Gasteiger partial charge in [-0.25, -0.2) is 0 Å². The van der Waals surface area contributed by atoms with Crippen LogP contribution in [0.2, 0.25) is 0 Å². The molecule has 0 aliphatic rings. The summed E-state index contributed by atoms with van der Waals surface area (Å²) in [6.07, 6.45) is -2.17. The van der Waals surface area contributed by atoms with E-state index in [1.165, 1.54) is 25.0 Å². The fraction of sp³-hybridized carbons (Fsp3) is 0.519. The number of methoxy groups -OCH3 is 2. The van der Waals surface area contributed by atoms with Gasteiger partial charge in [0.25, 0.3) is 0 Å². The first-order chi connectivity index (χ1) is 17.6. The zero-order valence-corrected chi connectivity index (χ0v) is 23.3. The first kappa shape index (κ1) is 32.4. The average molecular weight is 544 g/mol. The molecule has 0 saturated carbocycles. The molecule has 2 rings (SSSR count). The van der Waals surface area contributed by atoms with Gasteiger partial charge in [0, 0.05) is 19.2 Å². The van der Waals surface area contributed by atoms with E-state index in [2.05, 4.69) is 29.1 Å². The maximum absolute atomic E-state index is 13.8. The van der Waals surface area contributed by atoms with E-state index in [1.807, 2.05) is 25.6 Å². The smallest absolute Gasteiger partial charge is 0.407 e. The number of hydrogen-bond donors (Lipinski definition) is 3. The molecule has 208 valence electrons. The van der Waals surface area contributed by atoms with E-state index in [1.54, 1.807) is 43.5 Å². The molecule has 2 unspecified atom stereocenters. The summed E-state index contributed by atoms with van der Waals surface area (Å²) >= 11 is 1.86. The molecule has 0 radical (unpaired) electrons. The molecule has 2 aromatic rings. The summed E-state index contributed by atoms with van der Waals surface area (Å²) in [5.74, 6) is 2.01. The minimum atomic E-state index is -4.54. The van der Waals surface area contributed by atoms with Crippen molar-refractivity contribution in [2.75, 3.05) is 44.6 Å². The van der Waals surface area contributed by atoms with Crippen molar-refractivity contribution in [1.82, 2.24) is 10.6 Å². The van der Waals surface area contributed by atoms with E-state index in [4.69, 9.17) is 9.47 Å². The zero-order chi connectivity index (χ0) is 27.8. The number of carbonyl (C=O) groups is 1. The summed E-state index contributed by atoms with van der Waals surface area (Å²) in [5, 5.41) is 8.42. The molecule has 3 N–H and O–H groups in total. The van der Waals surface area contributed by atoms with Crippen molar-refractivity contribution in [2.24, 2.45) is 5.92 Å². The van der Waals surface area contributed by atoms with Crippen LogP contribution < -0.4 is 25.4 Å². The Morgan fingerprint density at radius 2 is 1.68 bits per heavy atom. The van der Waals surface area contributed by atoms with Crippen LogP contribution >= 0.6 is 11.8 Å². The van der Waals surface area contributed by atoms with Gasteiger partial charge in [0.2, 0.25) is 5.91 Å². The third-order valence-corrected chi connectivity index (χ3v) is 5.87. The highest BCUT2D eigenvalue weighted by Crippen LogP contribution is 2.33. The fourth-order valence-electron chi connectivity index (χ4n) is 3.40. The van der Waals surface area contributed by atoms with Gasteiger partial charge < -0.3 is 20.1 Å². The maximum Gasteiger partial charge on any atom is 0.407 e. The lowest BCUT2D eigenvalue weighted by Crippen LogP contribution is -2.50. The van der Waals surface area contributed by atoms with Gasteiger partial charge in [0.05, 0.1) is 25.9 Å². The largest absolute Gasteiger partial charge is 0.497 e. The standard InChI is InChI=1S/C24H32F3N3O3.C3H8S/c1-16(2)14-20(30-22(24(25,26)27)17-8-6-5-7-9-17)23(31)29-13-12-28-19-11-10-18(32-3)15-21(19)33-4;1-3-4-2/h5-11,15-16,20,22,28,30H,12-14H2,1-4H3,(H,29,31);3H2,1-2H3. The minimum absolute atomic E-state index is 0.0274. The Bertz CT molecular complexity index is 913. The molecule has 2 aromatic carbocycles. The molecule has 0 aromatic heterocycles. The Kier molecular flexibility index (Phi) is 14.9. The Balaban J connectivity index is 0.00000159. The SMILES string of the molecule is CCSC.COc1ccc(NCCNC(=O)C(CC(C)C)NC(c2ccccc2)C(F)(F)F)c(OC)c1. The van der Waals surface area contributed by atoms with Crippen LogP contribution in [0.1, 0.15) is 38.8 Å². The predicted molar refractivity (Wildman–Crippen MR) is 147 cm³/mol. The number of hydrogen-bond acceptors (Lipinski definition) is 6. The molecule has 0 bridgehead atoms. The van der Waals surface area contributed by atoms with Crippen molar-refractivity contribution >= 4 is 23.4 Å². The number of carbonyl (C=O) groups excluding carboxylic acids is 1. The van der Waals surface area contributed by atoms with Crippen LogP contribution in [0.4, 0.5) is 18.9 Å². The average Bonchev–Trinajstić information content (AvgIpc) is 2.88. The number of amides is 1. The third-order valence-electron chi connectivity index (χ3n) is 5.29. The van der Waals surface area contributed by atoms with Crippen LogP contribution in [0.15, 0.2) is 48.5 Å². The van der Waals surface area contributed by atoms with Gasteiger partial charge >= 0.3 is 6.18 Å². The molecule has 0 spiro atoms. The minimum Gasteiger partial charge on any atom is -0.497 e. The number of ether oxygens (including phenoxy) is 2. The molecule has 37 heavy (non-hydrogen) atoms. The second kappa shape index (κ2) is 17.0. The van der Waals surface area contributed by atoms with E-state index in [9.17, 15) is 18.0 Å². The van der Waals surface area contributed by atoms with E-state index in [0.717, 1.165) is 0 Å². The lowest BCUT2D eigenvalue weighted by Gasteiger charge is -2.28. The van der Waals surface area contributed by atoms with Crippen molar-refractivity contribution in [2.45, 2.75) is 45.5 Å². The first-order valence-electron chi connectivity index (χ1n) is 12.2. The lowest BCUT2D eigenvalue weighted by atomic mass is 9.99. The van der Waals surface area contributed by atoms with Crippen molar-refractivity contribution < 1.29 is 27.4 Å². The van der Waals surface area contributed by atoms with Gasteiger partial charge in [-0.15, -0.1) is 0 Å². The summed E-state index contributed by atoms with van der Waals surface area (Å²) in [5.41, 5.74) is 0.783. The van der Waals surface area contributed by atoms with Gasteiger partial charge in [0.15, 0.2) is 0 Å². The van der Waals surface area contributed by atoms with Crippen LogP contribution in [0.25, 0.3) is 0 Å². The summed E-state index contributed by atoms with van der Waals surface area (Å²) in [7, 11) is 3.09. The number of benzene rings is 2. The fourth-order valence-corrected chi connectivity index (χ4v) is 3.40. The quantitative estimate of drug-likeness (QED) is 0.273. The predicted octanol–water partition coefficient (Wildman–Crippen LogP) is 5.91. The highest BCUT2D eigenvalue weighted by Gasteiger charge is 2.42. The van der Waals surface area contributed by atoms with E-state index in [0.29, 0.717) is 23.7 Å². The normalized spacial score (nSPS) is 12.7. The van der Waals surface area contributed by atoms with Crippen molar-refractivity contribution in [3.8, 4) is 11.5 Å². The molecule has 0 fully saturated rings. The van der Waals surface area contributed by atoms with Crippen molar-refractivity contribution in [3.63, 3.8) is 0 Å².